The lowest BCUT2D eigenvalue weighted by Crippen LogP contribution is -2.11. The van der Waals surface area contributed by atoms with Gasteiger partial charge in [0.2, 0.25) is 0 Å². The summed E-state index contributed by atoms with van der Waals surface area (Å²) >= 11 is 0. The molecule has 0 aromatic heterocycles. The Morgan fingerprint density at radius 3 is 2.47 bits per heavy atom. The van der Waals surface area contributed by atoms with E-state index >= 15 is 0 Å². The molecule has 15 heavy (non-hydrogen) atoms. The summed E-state index contributed by atoms with van der Waals surface area (Å²) in [4.78, 5) is 10.4. The van der Waals surface area contributed by atoms with Crippen LogP contribution in [-0.2, 0) is 4.79 Å². The van der Waals surface area contributed by atoms with Crippen molar-refractivity contribution in [3.8, 4) is 0 Å². The lowest BCUT2D eigenvalue weighted by atomic mass is 9.93. The monoisotopic (exact) mass is 208 g/mol. The molecular weight excluding hydrogens is 192 g/mol. The number of hydrogen-bond donors (Lipinski definition) is 2. The lowest BCUT2D eigenvalue weighted by molar-refractivity contribution is -0.137. The van der Waals surface area contributed by atoms with Crippen molar-refractivity contribution in [2.75, 3.05) is 0 Å². The van der Waals surface area contributed by atoms with E-state index < -0.39 is 12.1 Å². The fraction of sp³-hybridized carbons (Fsp3) is 0.417. The maximum atomic E-state index is 10.4. The predicted molar refractivity (Wildman–Crippen MR) is 57.4 cm³/mol. The van der Waals surface area contributed by atoms with Crippen LogP contribution in [0.2, 0.25) is 0 Å². The van der Waals surface area contributed by atoms with Crippen LogP contribution in [-0.4, -0.2) is 16.2 Å². The van der Waals surface area contributed by atoms with E-state index in [1.807, 2.05) is 37.3 Å². The SMILES string of the molecule is C[C@H](CCC(=O)O)[C@H](O)c1ccccc1. The van der Waals surface area contributed by atoms with Gasteiger partial charge in [-0.05, 0) is 17.9 Å². The van der Waals surface area contributed by atoms with E-state index in [1.54, 1.807) is 0 Å². The molecule has 0 bridgehead atoms. The molecular formula is C12H16O3. The first-order valence-corrected chi connectivity index (χ1v) is 5.06. The zero-order chi connectivity index (χ0) is 11.3. The Morgan fingerprint density at radius 1 is 1.33 bits per heavy atom. The Kier molecular flexibility index (Phi) is 4.31. The summed E-state index contributed by atoms with van der Waals surface area (Å²) in [5.74, 6) is -0.856. The Bertz CT molecular complexity index is 308. The van der Waals surface area contributed by atoms with Gasteiger partial charge in [-0.25, -0.2) is 0 Å². The standard InChI is InChI=1S/C12H16O3/c1-9(7-8-11(13)14)12(15)10-5-3-2-4-6-10/h2-6,9,12,15H,7-8H2,1H3,(H,13,14)/t9-,12+/m1/s1. The van der Waals surface area contributed by atoms with E-state index in [9.17, 15) is 9.90 Å². The molecule has 0 aliphatic carbocycles. The molecule has 0 saturated carbocycles. The molecule has 82 valence electrons. The molecule has 0 saturated heterocycles. The number of benzene rings is 1. The van der Waals surface area contributed by atoms with Crippen molar-refractivity contribution in [3.63, 3.8) is 0 Å². The van der Waals surface area contributed by atoms with Crippen LogP contribution in [0.15, 0.2) is 30.3 Å². The van der Waals surface area contributed by atoms with Gasteiger partial charge in [0.1, 0.15) is 0 Å². The highest BCUT2D eigenvalue weighted by atomic mass is 16.4. The maximum absolute atomic E-state index is 10.4. The Balaban J connectivity index is 2.53. The van der Waals surface area contributed by atoms with Gasteiger partial charge in [0.25, 0.3) is 0 Å². The third-order valence-electron chi connectivity index (χ3n) is 2.49. The normalized spacial score (nSPS) is 14.5. The predicted octanol–water partition coefficient (Wildman–Crippen LogP) is 2.22. The third kappa shape index (κ3) is 3.72. The van der Waals surface area contributed by atoms with E-state index in [4.69, 9.17) is 5.11 Å². The van der Waals surface area contributed by atoms with Crippen LogP contribution >= 0.6 is 0 Å². The van der Waals surface area contributed by atoms with Crippen LogP contribution in [0.5, 0.6) is 0 Å². The summed E-state index contributed by atoms with van der Waals surface area (Å²) in [7, 11) is 0. The molecule has 1 aromatic rings. The summed E-state index contributed by atoms with van der Waals surface area (Å²) < 4.78 is 0. The molecule has 2 N–H and O–H groups in total. The second kappa shape index (κ2) is 5.51. The summed E-state index contributed by atoms with van der Waals surface area (Å²) in [6.45, 7) is 1.86. The average Bonchev–Trinajstić information content (AvgIpc) is 2.26. The van der Waals surface area contributed by atoms with Crippen molar-refractivity contribution in [1.29, 1.82) is 0 Å². The molecule has 0 heterocycles. The van der Waals surface area contributed by atoms with Crippen molar-refractivity contribution in [3.05, 3.63) is 35.9 Å². The van der Waals surface area contributed by atoms with Gasteiger partial charge in [0, 0.05) is 6.42 Å². The smallest absolute Gasteiger partial charge is 0.303 e. The van der Waals surface area contributed by atoms with Crippen molar-refractivity contribution < 1.29 is 15.0 Å². The number of aliphatic carboxylic acids is 1. The molecule has 0 spiro atoms. The number of carboxylic acids is 1. The molecule has 3 heteroatoms. The maximum Gasteiger partial charge on any atom is 0.303 e. The third-order valence-corrected chi connectivity index (χ3v) is 2.49. The van der Waals surface area contributed by atoms with Gasteiger partial charge in [-0.2, -0.15) is 0 Å². The van der Waals surface area contributed by atoms with E-state index in [0.29, 0.717) is 6.42 Å². The molecule has 0 radical (unpaired) electrons. The largest absolute Gasteiger partial charge is 0.481 e. The zero-order valence-corrected chi connectivity index (χ0v) is 8.76. The van der Waals surface area contributed by atoms with Crippen molar-refractivity contribution >= 4 is 5.97 Å². The van der Waals surface area contributed by atoms with Gasteiger partial charge >= 0.3 is 5.97 Å². The highest BCUT2D eigenvalue weighted by molar-refractivity contribution is 5.66. The fourth-order valence-corrected chi connectivity index (χ4v) is 1.49. The minimum absolute atomic E-state index is 0.0384. The van der Waals surface area contributed by atoms with Gasteiger partial charge in [-0.1, -0.05) is 37.3 Å². The van der Waals surface area contributed by atoms with Gasteiger partial charge in [-0.15, -0.1) is 0 Å². The number of hydrogen-bond acceptors (Lipinski definition) is 2. The molecule has 1 aromatic carbocycles. The highest BCUT2D eigenvalue weighted by Gasteiger charge is 2.16. The summed E-state index contributed by atoms with van der Waals surface area (Å²) in [6.07, 6.45) is 0.0155. The van der Waals surface area contributed by atoms with Gasteiger partial charge in [-0.3, -0.25) is 4.79 Å². The fourth-order valence-electron chi connectivity index (χ4n) is 1.49. The number of carbonyl (C=O) groups is 1. The summed E-state index contributed by atoms with van der Waals surface area (Å²) in [5.41, 5.74) is 0.843. The van der Waals surface area contributed by atoms with Gasteiger partial charge in [0.05, 0.1) is 6.10 Å². The van der Waals surface area contributed by atoms with E-state index in [0.717, 1.165) is 5.56 Å². The first-order valence-electron chi connectivity index (χ1n) is 5.06. The van der Waals surface area contributed by atoms with Crippen LogP contribution in [0, 0.1) is 5.92 Å². The molecule has 0 amide bonds. The second-order valence-corrected chi connectivity index (χ2v) is 3.77. The highest BCUT2D eigenvalue weighted by Crippen LogP contribution is 2.24. The zero-order valence-electron chi connectivity index (χ0n) is 8.76. The summed E-state index contributed by atoms with van der Waals surface area (Å²) in [5, 5.41) is 18.4. The Hall–Kier alpha value is -1.35. The Labute approximate surface area is 89.4 Å². The quantitative estimate of drug-likeness (QED) is 0.780. The topological polar surface area (TPSA) is 57.5 Å². The number of aliphatic hydroxyl groups is 1. The van der Waals surface area contributed by atoms with Crippen LogP contribution in [0.1, 0.15) is 31.4 Å². The van der Waals surface area contributed by atoms with Crippen LogP contribution in [0.3, 0.4) is 0 Å². The minimum atomic E-state index is -0.817. The van der Waals surface area contributed by atoms with Crippen LogP contribution < -0.4 is 0 Å². The molecule has 2 atom stereocenters. The lowest BCUT2D eigenvalue weighted by Gasteiger charge is -2.18. The first kappa shape index (κ1) is 11.7. The average molecular weight is 208 g/mol. The van der Waals surface area contributed by atoms with Crippen molar-refractivity contribution in [2.24, 2.45) is 5.92 Å². The Morgan fingerprint density at radius 2 is 1.93 bits per heavy atom. The van der Waals surface area contributed by atoms with Crippen LogP contribution in [0.4, 0.5) is 0 Å². The van der Waals surface area contributed by atoms with Gasteiger partial charge in [0.15, 0.2) is 0 Å². The van der Waals surface area contributed by atoms with Crippen LogP contribution in [0.25, 0.3) is 0 Å². The van der Waals surface area contributed by atoms with Crippen molar-refractivity contribution in [1.82, 2.24) is 0 Å². The summed E-state index contributed by atoms with van der Waals surface area (Å²) in [6, 6.07) is 9.31. The number of rotatable bonds is 5. The first-order chi connectivity index (χ1) is 7.11. The molecule has 0 aliphatic rings. The van der Waals surface area contributed by atoms with Gasteiger partial charge < -0.3 is 10.2 Å². The molecule has 0 aliphatic heterocycles. The van der Waals surface area contributed by atoms with E-state index in [-0.39, 0.29) is 12.3 Å². The number of aliphatic hydroxyl groups excluding tert-OH is 1. The van der Waals surface area contributed by atoms with Crippen molar-refractivity contribution in [2.45, 2.75) is 25.9 Å². The molecule has 0 fully saturated rings. The number of carboxylic acid groups (broad SMARTS) is 1. The molecule has 3 nitrogen and oxygen atoms in total. The molecule has 0 unspecified atom stereocenters. The van der Waals surface area contributed by atoms with E-state index in [2.05, 4.69) is 0 Å². The van der Waals surface area contributed by atoms with E-state index in [1.165, 1.54) is 0 Å². The molecule has 1 rings (SSSR count). The minimum Gasteiger partial charge on any atom is -0.481 e. The second-order valence-electron chi connectivity index (χ2n) is 3.77.